The maximum atomic E-state index is 5.86. The van der Waals surface area contributed by atoms with E-state index in [0.717, 1.165) is 18.8 Å². The lowest BCUT2D eigenvalue weighted by Crippen LogP contribution is -2.52. The van der Waals surface area contributed by atoms with Gasteiger partial charge in [0.25, 0.3) is 0 Å². The number of hydrogen-bond donors (Lipinski definition) is 0. The van der Waals surface area contributed by atoms with Crippen LogP contribution in [-0.4, -0.2) is 55.7 Å². The number of ether oxygens (including phenoxy) is 1. The highest BCUT2D eigenvalue weighted by atomic mass is 16.5. The molecule has 1 aromatic carbocycles. The molecule has 1 atom stereocenters. The fourth-order valence-electron chi connectivity index (χ4n) is 2.73. The molecule has 0 spiro atoms. The maximum Gasteiger partial charge on any atom is 0.122 e. The Bertz CT molecular complexity index is 386. The summed E-state index contributed by atoms with van der Waals surface area (Å²) in [6, 6.07) is 9.00. The van der Waals surface area contributed by atoms with Crippen molar-refractivity contribution in [2.24, 2.45) is 0 Å². The fraction of sp³-hybridized carbons (Fsp3) is 0.571. The lowest BCUT2D eigenvalue weighted by atomic mass is 10.0. The van der Waals surface area contributed by atoms with Gasteiger partial charge in [-0.05, 0) is 25.1 Å². The molecule has 3 heteroatoms. The molecule has 0 aromatic heterocycles. The van der Waals surface area contributed by atoms with Gasteiger partial charge in [-0.25, -0.2) is 0 Å². The predicted octanol–water partition coefficient (Wildman–Crippen LogP) is 1.24. The summed E-state index contributed by atoms with van der Waals surface area (Å²) < 4.78 is 5.86. The molecule has 17 heavy (non-hydrogen) atoms. The van der Waals surface area contributed by atoms with E-state index in [-0.39, 0.29) is 0 Å². The highest BCUT2D eigenvalue weighted by molar-refractivity contribution is 5.35. The Labute approximate surface area is 103 Å². The molecule has 1 saturated heterocycles. The average Bonchev–Trinajstić information content (AvgIpc) is 2.39. The number of hydrogen-bond acceptors (Lipinski definition) is 3. The number of rotatable bonds is 1. The average molecular weight is 232 g/mol. The second-order valence-electron chi connectivity index (χ2n) is 5.12. The number of nitrogens with zero attached hydrogens (tertiary/aromatic N) is 2. The molecule has 0 aliphatic carbocycles. The van der Waals surface area contributed by atoms with Crippen LogP contribution in [0.4, 0.5) is 0 Å². The first kappa shape index (κ1) is 11.1. The van der Waals surface area contributed by atoms with Crippen LogP contribution in [0.15, 0.2) is 24.3 Å². The summed E-state index contributed by atoms with van der Waals surface area (Å²) in [5, 5.41) is 0. The lowest BCUT2D eigenvalue weighted by molar-refractivity contribution is 0.0730. The van der Waals surface area contributed by atoms with Gasteiger partial charge in [0.15, 0.2) is 0 Å². The van der Waals surface area contributed by atoms with Gasteiger partial charge in [-0.1, -0.05) is 18.2 Å². The van der Waals surface area contributed by atoms with Crippen molar-refractivity contribution in [3.05, 3.63) is 29.8 Å². The summed E-state index contributed by atoms with van der Waals surface area (Å²) in [6.45, 7) is 5.55. The van der Waals surface area contributed by atoms with Crippen LogP contribution in [0.2, 0.25) is 0 Å². The van der Waals surface area contributed by atoms with Crippen LogP contribution >= 0.6 is 0 Å². The molecule has 0 bridgehead atoms. The molecule has 2 aliphatic heterocycles. The van der Waals surface area contributed by atoms with Crippen LogP contribution in [0.25, 0.3) is 0 Å². The van der Waals surface area contributed by atoms with Gasteiger partial charge in [-0.15, -0.1) is 0 Å². The topological polar surface area (TPSA) is 15.7 Å². The molecule has 0 N–H and O–H groups in total. The number of benzene rings is 1. The fourth-order valence-corrected chi connectivity index (χ4v) is 2.73. The minimum Gasteiger partial charge on any atom is -0.492 e. The summed E-state index contributed by atoms with van der Waals surface area (Å²) >= 11 is 0. The van der Waals surface area contributed by atoms with Crippen LogP contribution in [0.5, 0.6) is 5.75 Å². The SMILES string of the molecule is CN1CCN(C2COc3ccccc3C2)CC1. The van der Waals surface area contributed by atoms with Gasteiger partial charge in [-0.3, -0.25) is 4.90 Å². The molecular formula is C14H20N2O. The first-order valence-electron chi connectivity index (χ1n) is 6.46. The Balaban J connectivity index is 1.68. The summed E-state index contributed by atoms with van der Waals surface area (Å²) in [5.41, 5.74) is 1.36. The van der Waals surface area contributed by atoms with E-state index in [1.807, 2.05) is 0 Å². The second-order valence-corrected chi connectivity index (χ2v) is 5.12. The minimum absolute atomic E-state index is 0.568. The third-order valence-corrected chi connectivity index (χ3v) is 3.91. The van der Waals surface area contributed by atoms with Gasteiger partial charge in [0.05, 0.1) is 0 Å². The molecule has 3 rings (SSSR count). The van der Waals surface area contributed by atoms with E-state index < -0.39 is 0 Å². The van der Waals surface area contributed by atoms with E-state index >= 15 is 0 Å². The molecule has 2 heterocycles. The lowest BCUT2D eigenvalue weighted by Gasteiger charge is -2.39. The second kappa shape index (κ2) is 4.67. The zero-order valence-corrected chi connectivity index (χ0v) is 10.4. The number of fused-ring (bicyclic) bond motifs is 1. The predicted molar refractivity (Wildman–Crippen MR) is 68.5 cm³/mol. The van der Waals surface area contributed by atoms with Crippen molar-refractivity contribution in [1.29, 1.82) is 0 Å². The van der Waals surface area contributed by atoms with Gasteiger partial charge in [0.2, 0.25) is 0 Å². The maximum absolute atomic E-state index is 5.86. The standard InChI is InChI=1S/C14H20N2O/c1-15-6-8-16(9-7-15)13-10-12-4-2-3-5-14(12)17-11-13/h2-5,13H,6-11H2,1H3. The molecule has 3 nitrogen and oxygen atoms in total. The Morgan fingerprint density at radius 3 is 2.71 bits per heavy atom. The molecule has 2 aliphatic rings. The molecular weight excluding hydrogens is 212 g/mol. The van der Waals surface area contributed by atoms with Gasteiger partial charge < -0.3 is 9.64 Å². The highest BCUT2D eigenvalue weighted by Gasteiger charge is 2.27. The van der Waals surface area contributed by atoms with E-state index in [9.17, 15) is 0 Å². The van der Waals surface area contributed by atoms with E-state index in [4.69, 9.17) is 4.74 Å². The van der Waals surface area contributed by atoms with E-state index in [2.05, 4.69) is 41.1 Å². The van der Waals surface area contributed by atoms with Crippen LogP contribution in [0.1, 0.15) is 5.56 Å². The quantitative estimate of drug-likeness (QED) is 0.724. The number of likely N-dealkylation sites (N-methyl/N-ethyl adjacent to an activating group) is 1. The van der Waals surface area contributed by atoms with E-state index in [1.54, 1.807) is 0 Å². The number of piperazine rings is 1. The Morgan fingerprint density at radius 1 is 1.12 bits per heavy atom. The summed E-state index contributed by atoms with van der Waals surface area (Å²) in [7, 11) is 2.20. The molecule has 0 amide bonds. The third-order valence-electron chi connectivity index (χ3n) is 3.91. The highest BCUT2D eigenvalue weighted by Crippen LogP contribution is 2.26. The molecule has 1 fully saturated rings. The zero-order chi connectivity index (χ0) is 11.7. The van der Waals surface area contributed by atoms with Crippen LogP contribution in [-0.2, 0) is 6.42 Å². The van der Waals surface area contributed by atoms with Crippen LogP contribution in [0.3, 0.4) is 0 Å². The molecule has 0 saturated carbocycles. The normalized spacial score (nSPS) is 26.3. The van der Waals surface area contributed by atoms with Crippen molar-refractivity contribution >= 4 is 0 Å². The molecule has 1 unspecified atom stereocenters. The monoisotopic (exact) mass is 232 g/mol. The summed E-state index contributed by atoms with van der Waals surface area (Å²) in [4.78, 5) is 4.98. The van der Waals surface area contributed by atoms with E-state index in [0.29, 0.717) is 6.04 Å². The van der Waals surface area contributed by atoms with E-state index in [1.165, 1.54) is 31.7 Å². The van der Waals surface area contributed by atoms with Crippen LogP contribution in [0, 0.1) is 0 Å². The van der Waals surface area contributed by atoms with Gasteiger partial charge in [0.1, 0.15) is 12.4 Å². The Morgan fingerprint density at radius 2 is 1.88 bits per heavy atom. The van der Waals surface area contributed by atoms with Crippen molar-refractivity contribution in [2.75, 3.05) is 39.8 Å². The summed E-state index contributed by atoms with van der Waals surface area (Å²) in [5.74, 6) is 1.08. The first-order valence-corrected chi connectivity index (χ1v) is 6.46. The first-order chi connectivity index (χ1) is 8.33. The van der Waals surface area contributed by atoms with Gasteiger partial charge >= 0.3 is 0 Å². The Kier molecular flexibility index (Phi) is 3.04. The molecule has 92 valence electrons. The van der Waals surface area contributed by atoms with Gasteiger partial charge in [0, 0.05) is 32.2 Å². The Hall–Kier alpha value is -1.06. The van der Waals surface area contributed by atoms with Gasteiger partial charge in [-0.2, -0.15) is 0 Å². The van der Waals surface area contributed by atoms with Crippen molar-refractivity contribution in [1.82, 2.24) is 9.80 Å². The van der Waals surface area contributed by atoms with Crippen molar-refractivity contribution in [2.45, 2.75) is 12.5 Å². The minimum atomic E-state index is 0.568. The zero-order valence-electron chi connectivity index (χ0n) is 10.4. The molecule has 1 aromatic rings. The smallest absolute Gasteiger partial charge is 0.122 e. The molecule has 0 radical (unpaired) electrons. The van der Waals surface area contributed by atoms with Crippen LogP contribution < -0.4 is 4.74 Å². The largest absolute Gasteiger partial charge is 0.492 e. The number of para-hydroxylation sites is 1. The third kappa shape index (κ3) is 2.31. The van der Waals surface area contributed by atoms with Crippen molar-refractivity contribution in [3.8, 4) is 5.75 Å². The van der Waals surface area contributed by atoms with Crippen molar-refractivity contribution < 1.29 is 4.74 Å². The van der Waals surface area contributed by atoms with Crippen molar-refractivity contribution in [3.63, 3.8) is 0 Å². The summed E-state index contributed by atoms with van der Waals surface area (Å²) in [6.07, 6.45) is 1.14.